The van der Waals surface area contributed by atoms with Crippen molar-refractivity contribution in [1.82, 2.24) is 0 Å². The Morgan fingerprint density at radius 3 is 2.53 bits per heavy atom. The average molecular weight is 210 g/mol. The summed E-state index contributed by atoms with van der Waals surface area (Å²) in [5.41, 5.74) is 2.67. The highest BCUT2D eigenvalue weighted by atomic mass is 16.6. The van der Waals surface area contributed by atoms with E-state index in [-0.39, 0.29) is 5.60 Å². The smallest absolute Gasteiger partial charge is 0.156 e. The largest absolute Gasteiger partial charge is 0.368 e. The molecule has 1 fully saturated rings. The van der Waals surface area contributed by atoms with Crippen molar-refractivity contribution in [2.45, 2.75) is 58.8 Å². The number of rotatable bonds is 0. The molecule has 4 atom stereocenters. The molecule has 0 unspecified atom stereocenters. The van der Waals surface area contributed by atoms with Gasteiger partial charge in [0.15, 0.2) is 6.29 Å². The molecule has 0 amide bonds. The van der Waals surface area contributed by atoms with E-state index in [1.165, 1.54) is 17.6 Å². The lowest BCUT2D eigenvalue weighted by Gasteiger charge is -2.40. The fraction of sp³-hybridized carbons (Fsp3) is 0.846. The Labute approximate surface area is 92.3 Å². The van der Waals surface area contributed by atoms with Gasteiger partial charge in [0.05, 0.1) is 5.60 Å². The Morgan fingerprint density at radius 1 is 1.33 bits per heavy atom. The zero-order valence-corrected chi connectivity index (χ0v) is 10.2. The Morgan fingerprint density at radius 2 is 2.00 bits per heavy atom. The molecule has 2 nitrogen and oxygen atoms in total. The van der Waals surface area contributed by atoms with Crippen molar-refractivity contribution in [2.24, 2.45) is 11.8 Å². The standard InChI is InChI=1S/C13H22O2/c1-8-5-6-13(11(4)10(8)3)9(2)7-12(14)15-13/h8-9,12,14H,5-7H2,1-4H3/t8-,9+,12-,13+/m0/s1. The molecule has 0 bridgehead atoms. The van der Waals surface area contributed by atoms with Gasteiger partial charge in [0, 0.05) is 6.42 Å². The zero-order chi connectivity index (χ0) is 11.2. The molecule has 0 saturated carbocycles. The van der Waals surface area contributed by atoms with Crippen molar-refractivity contribution in [3.05, 3.63) is 11.1 Å². The molecule has 1 heterocycles. The third-order valence-corrected chi connectivity index (χ3v) is 4.61. The highest BCUT2D eigenvalue weighted by Crippen LogP contribution is 2.49. The minimum absolute atomic E-state index is 0.157. The maximum atomic E-state index is 9.64. The third kappa shape index (κ3) is 1.55. The van der Waals surface area contributed by atoms with Crippen LogP contribution in [0.3, 0.4) is 0 Å². The van der Waals surface area contributed by atoms with Crippen LogP contribution in [0.4, 0.5) is 0 Å². The van der Waals surface area contributed by atoms with E-state index in [2.05, 4.69) is 27.7 Å². The number of hydrogen-bond donors (Lipinski definition) is 1. The molecule has 2 aliphatic rings. The molecule has 15 heavy (non-hydrogen) atoms. The van der Waals surface area contributed by atoms with E-state index in [0.717, 1.165) is 12.8 Å². The van der Waals surface area contributed by atoms with Gasteiger partial charge in [-0.1, -0.05) is 19.4 Å². The molecule has 0 aromatic heterocycles. The number of aliphatic hydroxyl groups excluding tert-OH is 1. The van der Waals surface area contributed by atoms with E-state index in [9.17, 15) is 5.11 Å². The second-order valence-electron chi connectivity index (χ2n) is 5.35. The summed E-state index contributed by atoms with van der Waals surface area (Å²) in [6, 6.07) is 0. The Kier molecular flexibility index (Phi) is 2.68. The van der Waals surface area contributed by atoms with Gasteiger partial charge in [-0.15, -0.1) is 0 Å². The van der Waals surface area contributed by atoms with E-state index in [4.69, 9.17) is 4.74 Å². The predicted molar refractivity (Wildman–Crippen MR) is 60.4 cm³/mol. The normalized spacial score (nSPS) is 46.6. The molecule has 1 spiro atoms. The van der Waals surface area contributed by atoms with Crippen molar-refractivity contribution in [1.29, 1.82) is 0 Å². The minimum Gasteiger partial charge on any atom is -0.368 e. The average Bonchev–Trinajstić information content (AvgIpc) is 2.46. The number of ether oxygens (including phenoxy) is 1. The van der Waals surface area contributed by atoms with Crippen molar-refractivity contribution >= 4 is 0 Å². The molecule has 86 valence electrons. The maximum absolute atomic E-state index is 9.64. The van der Waals surface area contributed by atoms with Crippen LogP contribution in [0.5, 0.6) is 0 Å². The van der Waals surface area contributed by atoms with Crippen molar-refractivity contribution in [2.75, 3.05) is 0 Å². The van der Waals surface area contributed by atoms with Gasteiger partial charge in [-0.2, -0.15) is 0 Å². The van der Waals surface area contributed by atoms with Gasteiger partial charge in [0.2, 0.25) is 0 Å². The second kappa shape index (κ2) is 3.60. The molecule has 1 N–H and O–H groups in total. The van der Waals surface area contributed by atoms with Crippen LogP contribution in [-0.4, -0.2) is 17.0 Å². The number of aliphatic hydroxyl groups is 1. The van der Waals surface area contributed by atoms with Crippen LogP contribution in [0.2, 0.25) is 0 Å². The van der Waals surface area contributed by atoms with E-state index in [1.807, 2.05) is 0 Å². The van der Waals surface area contributed by atoms with Gasteiger partial charge in [-0.3, -0.25) is 0 Å². The summed E-state index contributed by atoms with van der Waals surface area (Å²) in [5.74, 6) is 1.11. The van der Waals surface area contributed by atoms with E-state index >= 15 is 0 Å². The molecule has 0 aromatic rings. The Hall–Kier alpha value is -0.340. The SMILES string of the molecule is CC1=C(C)[C@]2(CC[C@@H]1C)O[C@H](O)C[C@H]2C. The second-order valence-corrected chi connectivity index (χ2v) is 5.35. The van der Waals surface area contributed by atoms with Crippen LogP contribution in [0.25, 0.3) is 0 Å². The molecule has 2 rings (SSSR count). The number of allylic oxidation sites excluding steroid dienone is 1. The molecular weight excluding hydrogens is 188 g/mol. The van der Waals surface area contributed by atoms with Crippen LogP contribution in [0.15, 0.2) is 11.1 Å². The molecule has 0 radical (unpaired) electrons. The molecular formula is C13H22O2. The van der Waals surface area contributed by atoms with Crippen molar-refractivity contribution in [3.8, 4) is 0 Å². The fourth-order valence-electron chi connectivity index (χ4n) is 3.20. The van der Waals surface area contributed by atoms with Crippen LogP contribution >= 0.6 is 0 Å². The monoisotopic (exact) mass is 210 g/mol. The lowest BCUT2D eigenvalue weighted by molar-refractivity contribution is -0.133. The van der Waals surface area contributed by atoms with Gasteiger partial charge in [0.1, 0.15) is 0 Å². The van der Waals surface area contributed by atoms with Gasteiger partial charge in [-0.05, 0) is 44.1 Å². The first-order chi connectivity index (χ1) is 6.97. The Bertz CT molecular complexity index is 295. The highest BCUT2D eigenvalue weighted by Gasteiger charge is 2.49. The van der Waals surface area contributed by atoms with Crippen molar-refractivity contribution in [3.63, 3.8) is 0 Å². The van der Waals surface area contributed by atoms with Crippen LogP contribution in [0.1, 0.15) is 47.0 Å². The topological polar surface area (TPSA) is 29.5 Å². The quantitative estimate of drug-likeness (QED) is 0.623. The summed E-state index contributed by atoms with van der Waals surface area (Å²) in [5, 5.41) is 9.64. The zero-order valence-electron chi connectivity index (χ0n) is 10.2. The molecule has 2 heteroatoms. The third-order valence-electron chi connectivity index (χ3n) is 4.61. The summed E-state index contributed by atoms with van der Waals surface area (Å²) in [4.78, 5) is 0. The highest BCUT2D eigenvalue weighted by molar-refractivity contribution is 5.28. The van der Waals surface area contributed by atoms with E-state index < -0.39 is 6.29 Å². The van der Waals surface area contributed by atoms with Gasteiger partial charge in [-0.25, -0.2) is 0 Å². The molecule has 0 aromatic carbocycles. The molecule has 1 aliphatic heterocycles. The molecule has 1 aliphatic carbocycles. The van der Waals surface area contributed by atoms with Crippen LogP contribution in [-0.2, 0) is 4.74 Å². The van der Waals surface area contributed by atoms with Crippen molar-refractivity contribution < 1.29 is 9.84 Å². The first-order valence-electron chi connectivity index (χ1n) is 6.01. The van der Waals surface area contributed by atoms with Crippen LogP contribution in [0, 0.1) is 11.8 Å². The summed E-state index contributed by atoms with van der Waals surface area (Å²) < 4.78 is 5.83. The lowest BCUT2D eigenvalue weighted by Crippen LogP contribution is -2.40. The summed E-state index contributed by atoms with van der Waals surface area (Å²) in [7, 11) is 0. The lowest BCUT2D eigenvalue weighted by atomic mass is 9.70. The number of hydrogen-bond acceptors (Lipinski definition) is 2. The molecule has 1 saturated heterocycles. The first-order valence-corrected chi connectivity index (χ1v) is 6.01. The summed E-state index contributed by atoms with van der Waals surface area (Å²) in [6.07, 6.45) is 2.46. The fourth-order valence-corrected chi connectivity index (χ4v) is 3.20. The van der Waals surface area contributed by atoms with Crippen LogP contribution < -0.4 is 0 Å². The predicted octanol–water partition coefficient (Wildman–Crippen LogP) is 2.87. The van der Waals surface area contributed by atoms with Gasteiger partial charge >= 0.3 is 0 Å². The van der Waals surface area contributed by atoms with Gasteiger partial charge in [0.25, 0.3) is 0 Å². The maximum Gasteiger partial charge on any atom is 0.156 e. The first kappa shape index (κ1) is 11.2. The summed E-state index contributed by atoms with van der Waals surface area (Å²) in [6.45, 7) is 8.87. The minimum atomic E-state index is -0.559. The Balaban J connectivity index is 2.37. The van der Waals surface area contributed by atoms with Gasteiger partial charge < -0.3 is 9.84 Å². The van der Waals surface area contributed by atoms with E-state index in [0.29, 0.717) is 11.8 Å². The summed E-state index contributed by atoms with van der Waals surface area (Å²) >= 11 is 0. The van der Waals surface area contributed by atoms with E-state index in [1.54, 1.807) is 0 Å².